The van der Waals surface area contributed by atoms with Crippen molar-refractivity contribution >= 4 is 25.8 Å². The number of amides is 1. The number of carbonyl (C=O) groups is 1. The maximum Gasteiger partial charge on any atom is 0.407 e. The van der Waals surface area contributed by atoms with Crippen LogP contribution in [0.2, 0.25) is 0 Å². The van der Waals surface area contributed by atoms with Crippen LogP contribution < -0.4 is 5.32 Å². The summed E-state index contributed by atoms with van der Waals surface area (Å²) in [5.41, 5.74) is 0. The first-order valence-corrected chi connectivity index (χ1v) is 13.6. The summed E-state index contributed by atoms with van der Waals surface area (Å²) < 4.78 is 60.2. The van der Waals surface area contributed by atoms with Gasteiger partial charge in [-0.2, -0.15) is 0 Å². The lowest BCUT2D eigenvalue weighted by atomic mass is 9.90. The number of nitrogens with one attached hydrogen (secondary N) is 1. The van der Waals surface area contributed by atoms with E-state index in [4.69, 9.17) is 4.74 Å². The summed E-state index contributed by atoms with van der Waals surface area (Å²) in [7, 11) is -8.27. The normalized spacial score (nSPS) is 22.9. The third-order valence-electron chi connectivity index (χ3n) is 5.61. The van der Waals surface area contributed by atoms with Crippen LogP contribution >= 0.6 is 0 Å². The van der Waals surface area contributed by atoms with Crippen molar-refractivity contribution in [1.82, 2.24) is 5.32 Å². The molecule has 0 unspecified atom stereocenters. The Morgan fingerprint density at radius 3 is 1.91 bits per heavy atom. The largest absolute Gasteiger partial charge is 0.445 e. The Hall–Kier alpha value is -2.91. The average molecular weight is 490 g/mol. The molecule has 176 valence electrons. The van der Waals surface area contributed by atoms with Crippen LogP contribution in [0, 0.1) is 5.92 Å². The number of ether oxygens (including phenoxy) is 1. The molecule has 0 saturated carbocycles. The van der Waals surface area contributed by atoms with E-state index in [-0.39, 0.29) is 16.4 Å². The second-order valence-corrected chi connectivity index (χ2v) is 11.9. The Labute approximate surface area is 195 Å². The van der Waals surface area contributed by atoms with E-state index in [0.29, 0.717) is 6.42 Å². The third kappa shape index (κ3) is 5.20. The van der Waals surface area contributed by atoms with Crippen LogP contribution in [-0.2, 0) is 24.4 Å². The molecule has 1 aliphatic carbocycles. The monoisotopic (exact) mass is 489 g/mol. The molecule has 0 radical (unpaired) electrons. The van der Waals surface area contributed by atoms with Gasteiger partial charge in [0.1, 0.15) is 11.9 Å². The fourth-order valence-electron chi connectivity index (χ4n) is 4.05. The van der Waals surface area contributed by atoms with E-state index in [9.17, 15) is 21.6 Å². The third-order valence-corrected chi connectivity index (χ3v) is 10.3. The molecule has 0 fully saturated rings. The number of sulfone groups is 2. The summed E-state index contributed by atoms with van der Waals surface area (Å²) in [4.78, 5) is 12.3. The van der Waals surface area contributed by atoms with Crippen molar-refractivity contribution in [2.75, 3.05) is 6.61 Å². The van der Waals surface area contributed by atoms with Crippen LogP contribution in [0.1, 0.15) is 13.3 Å². The van der Waals surface area contributed by atoms with Gasteiger partial charge < -0.3 is 10.1 Å². The smallest absolute Gasteiger partial charge is 0.407 e. The van der Waals surface area contributed by atoms with E-state index < -0.39 is 48.2 Å². The van der Waals surface area contributed by atoms with Gasteiger partial charge in [-0.25, -0.2) is 21.6 Å². The van der Waals surface area contributed by atoms with Gasteiger partial charge in [0.25, 0.3) is 0 Å². The summed E-state index contributed by atoms with van der Waals surface area (Å²) in [5.74, 6) is -0.569. The van der Waals surface area contributed by atoms with Gasteiger partial charge in [-0.3, -0.25) is 0 Å². The SMILES string of the molecule is C=CCOC(=O)N[C@@H]1C=C[C@@H](CC)[C@H](S(=O)(=O)c2ccccc2)[C@H]1S(=O)(=O)c1ccccc1. The Bertz CT molecular complexity index is 1210. The number of allylic oxidation sites excluding steroid dienone is 1. The standard InChI is InChI=1S/C24H27NO6S2/c1-3-17-31-24(26)25-21-16-15-18(4-2)22(32(27,28)19-11-7-5-8-12-19)23(21)33(29,30)20-13-9-6-10-14-20/h3,5-16,18,21-23H,1,4,17H2,2H3,(H,25,26)/t18-,21-,22+,23+/m1/s1. The quantitative estimate of drug-likeness (QED) is 0.569. The Balaban J connectivity index is 2.18. The first kappa shape index (κ1) is 24.7. The lowest BCUT2D eigenvalue weighted by Gasteiger charge is -2.38. The fraction of sp³-hybridized carbons (Fsp3) is 0.292. The van der Waals surface area contributed by atoms with Crippen molar-refractivity contribution < 1.29 is 26.4 Å². The Morgan fingerprint density at radius 1 is 0.909 bits per heavy atom. The topological polar surface area (TPSA) is 107 Å². The van der Waals surface area contributed by atoms with Gasteiger partial charge in [0.2, 0.25) is 0 Å². The molecule has 0 heterocycles. The first-order valence-electron chi connectivity index (χ1n) is 10.5. The maximum absolute atomic E-state index is 13.8. The number of hydrogen-bond acceptors (Lipinski definition) is 6. The molecule has 4 atom stereocenters. The van der Waals surface area contributed by atoms with Crippen molar-refractivity contribution in [1.29, 1.82) is 0 Å². The summed E-state index contributed by atoms with van der Waals surface area (Å²) in [5, 5.41) is -0.238. The molecular formula is C24H27NO6S2. The number of benzene rings is 2. The Morgan fingerprint density at radius 2 is 1.42 bits per heavy atom. The number of carbonyl (C=O) groups excluding carboxylic acids is 1. The molecule has 1 N–H and O–H groups in total. The molecule has 1 amide bonds. The lowest BCUT2D eigenvalue weighted by molar-refractivity contribution is 0.155. The second-order valence-electron chi connectivity index (χ2n) is 7.66. The van der Waals surface area contributed by atoms with Crippen molar-refractivity contribution in [3.63, 3.8) is 0 Å². The zero-order chi connectivity index (χ0) is 24.1. The van der Waals surface area contributed by atoms with Gasteiger partial charge in [-0.05, 0) is 36.6 Å². The molecule has 0 saturated heterocycles. The predicted octanol–water partition coefficient (Wildman–Crippen LogP) is 3.55. The molecule has 9 heteroatoms. The molecule has 3 rings (SSSR count). The van der Waals surface area contributed by atoms with Crippen LogP contribution in [0.4, 0.5) is 4.79 Å². The molecule has 0 spiro atoms. The van der Waals surface area contributed by atoms with Gasteiger partial charge in [-0.1, -0.05) is 68.1 Å². The highest BCUT2D eigenvalue weighted by molar-refractivity contribution is 7.96. The zero-order valence-electron chi connectivity index (χ0n) is 18.2. The number of alkyl carbamates (subject to hydrolysis) is 1. The van der Waals surface area contributed by atoms with Gasteiger partial charge in [0.15, 0.2) is 19.7 Å². The van der Waals surface area contributed by atoms with Crippen LogP contribution in [0.25, 0.3) is 0 Å². The molecule has 1 aliphatic rings. The zero-order valence-corrected chi connectivity index (χ0v) is 19.8. The average Bonchev–Trinajstić information content (AvgIpc) is 2.83. The number of rotatable bonds is 8. The van der Waals surface area contributed by atoms with E-state index in [1.807, 2.05) is 0 Å². The minimum atomic E-state index is -4.18. The highest BCUT2D eigenvalue weighted by Crippen LogP contribution is 2.37. The molecule has 2 aromatic carbocycles. The van der Waals surface area contributed by atoms with Crippen LogP contribution in [0.15, 0.2) is 95.3 Å². The van der Waals surface area contributed by atoms with Gasteiger partial charge in [0, 0.05) is 0 Å². The van der Waals surface area contributed by atoms with E-state index in [2.05, 4.69) is 11.9 Å². The van der Waals surface area contributed by atoms with Crippen molar-refractivity contribution in [2.45, 2.75) is 39.7 Å². The summed E-state index contributed by atoms with van der Waals surface area (Å²) in [6.07, 6.45) is 4.14. The molecular weight excluding hydrogens is 462 g/mol. The fourth-order valence-corrected chi connectivity index (χ4v) is 9.00. The van der Waals surface area contributed by atoms with E-state index in [0.717, 1.165) is 0 Å². The van der Waals surface area contributed by atoms with E-state index >= 15 is 0 Å². The minimum absolute atomic E-state index is 0.0142. The summed E-state index contributed by atoms with van der Waals surface area (Å²) >= 11 is 0. The van der Waals surface area contributed by atoms with Gasteiger partial charge in [-0.15, -0.1) is 0 Å². The lowest BCUT2D eigenvalue weighted by Crippen LogP contribution is -2.57. The molecule has 0 aromatic heterocycles. The second kappa shape index (κ2) is 10.4. The summed E-state index contributed by atoms with van der Waals surface area (Å²) in [6, 6.07) is 14.3. The molecule has 7 nitrogen and oxygen atoms in total. The van der Waals surface area contributed by atoms with E-state index in [1.165, 1.54) is 30.3 Å². The predicted molar refractivity (Wildman–Crippen MR) is 126 cm³/mol. The van der Waals surface area contributed by atoms with Crippen molar-refractivity contribution in [3.05, 3.63) is 85.5 Å². The minimum Gasteiger partial charge on any atom is -0.445 e. The molecule has 2 aromatic rings. The van der Waals surface area contributed by atoms with Gasteiger partial charge in [0.05, 0.1) is 21.1 Å². The van der Waals surface area contributed by atoms with Gasteiger partial charge >= 0.3 is 6.09 Å². The first-order chi connectivity index (χ1) is 15.7. The van der Waals surface area contributed by atoms with Crippen LogP contribution in [0.5, 0.6) is 0 Å². The van der Waals surface area contributed by atoms with Crippen LogP contribution in [-0.4, -0.2) is 46.1 Å². The maximum atomic E-state index is 13.8. The van der Waals surface area contributed by atoms with Crippen molar-refractivity contribution in [2.24, 2.45) is 5.92 Å². The highest BCUT2D eigenvalue weighted by Gasteiger charge is 2.51. The summed E-state index contributed by atoms with van der Waals surface area (Å²) in [6.45, 7) is 5.22. The van der Waals surface area contributed by atoms with E-state index in [1.54, 1.807) is 55.5 Å². The highest BCUT2D eigenvalue weighted by atomic mass is 32.2. The molecule has 33 heavy (non-hydrogen) atoms. The molecule has 0 aliphatic heterocycles. The molecule has 0 bridgehead atoms. The number of hydrogen-bond donors (Lipinski definition) is 1. The van der Waals surface area contributed by atoms with Crippen molar-refractivity contribution in [3.8, 4) is 0 Å². The Kier molecular flexibility index (Phi) is 7.76. The van der Waals surface area contributed by atoms with Crippen LogP contribution in [0.3, 0.4) is 0 Å².